The van der Waals surface area contributed by atoms with Crippen LogP contribution in [0.5, 0.6) is 0 Å². The number of carbonyl (C=O) groups excluding carboxylic acids is 1. The SMILES string of the molecule is COC(=O)c1cc(CN2CCN(S(=O)(=O)c3cc(C)ccc3C)CC2)oc1C. The summed E-state index contributed by atoms with van der Waals surface area (Å²) in [5.74, 6) is 0.777. The van der Waals surface area contributed by atoms with E-state index in [1.165, 1.54) is 7.11 Å². The Bertz CT molecular complexity index is 972. The Morgan fingerprint density at radius 3 is 2.43 bits per heavy atom. The number of rotatable bonds is 5. The quantitative estimate of drug-likeness (QED) is 0.710. The number of ether oxygens (including phenoxy) is 1. The maximum atomic E-state index is 13.0. The summed E-state index contributed by atoms with van der Waals surface area (Å²) in [7, 11) is -2.17. The molecule has 152 valence electrons. The first-order valence-electron chi connectivity index (χ1n) is 9.19. The third-order valence-corrected chi connectivity index (χ3v) is 7.09. The van der Waals surface area contributed by atoms with Crippen LogP contribution in [-0.4, -0.2) is 56.9 Å². The number of sulfonamides is 1. The van der Waals surface area contributed by atoms with Crippen molar-refractivity contribution in [1.29, 1.82) is 0 Å². The summed E-state index contributed by atoms with van der Waals surface area (Å²) < 4.78 is 38.0. The number of benzene rings is 1. The van der Waals surface area contributed by atoms with Crippen molar-refractivity contribution in [1.82, 2.24) is 9.21 Å². The van der Waals surface area contributed by atoms with Gasteiger partial charge in [0.2, 0.25) is 10.0 Å². The van der Waals surface area contributed by atoms with E-state index in [0.717, 1.165) is 11.1 Å². The second-order valence-corrected chi connectivity index (χ2v) is 9.03. The monoisotopic (exact) mass is 406 g/mol. The molecule has 0 saturated carbocycles. The average Bonchev–Trinajstić information content (AvgIpc) is 3.03. The van der Waals surface area contributed by atoms with E-state index in [0.29, 0.717) is 54.7 Å². The van der Waals surface area contributed by atoms with Crippen LogP contribution in [0.4, 0.5) is 0 Å². The second-order valence-electron chi connectivity index (χ2n) is 7.12. The average molecular weight is 407 g/mol. The third-order valence-electron chi connectivity index (χ3n) is 5.05. The summed E-state index contributed by atoms with van der Waals surface area (Å²) in [5.41, 5.74) is 2.11. The predicted molar refractivity (Wildman–Crippen MR) is 105 cm³/mol. The van der Waals surface area contributed by atoms with Crippen LogP contribution in [0, 0.1) is 20.8 Å². The number of carbonyl (C=O) groups is 1. The van der Waals surface area contributed by atoms with Gasteiger partial charge in [-0.05, 0) is 44.0 Å². The number of hydrogen-bond donors (Lipinski definition) is 0. The van der Waals surface area contributed by atoms with Crippen molar-refractivity contribution in [3.8, 4) is 0 Å². The van der Waals surface area contributed by atoms with Crippen LogP contribution >= 0.6 is 0 Å². The molecule has 0 N–H and O–H groups in total. The van der Waals surface area contributed by atoms with Gasteiger partial charge in [-0.15, -0.1) is 0 Å². The largest absolute Gasteiger partial charge is 0.465 e. The van der Waals surface area contributed by atoms with E-state index in [4.69, 9.17) is 9.15 Å². The molecule has 1 saturated heterocycles. The molecule has 2 heterocycles. The summed E-state index contributed by atoms with van der Waals surface area (Å²) in [6.45, 7) is 7.98. The van der Waals surface area contributed by atoms with Gasteiger partial charge in [0.05, 0.1) is 18.6 Å². The molecule has 2 aromatic rings. The van der Waals surface area contributed by atoms with Gasteiger partial charge in [-0.1, -0.05) is 12.1 Å². The first-order valence-corrected chi connectivity index (χ1v) is 10.6. The summed E-state index contributed by atoms with van der Waals surface area (Å²) in [6.07, 6.45) is 0. The fourth-order valence-electron chi connectivity index (χ4n) is 3.41. The van der Waals surface area contributed by atoms with Crippen LogP contribution in [-0.2, 0) is 21.3 Å². The molecule has 0 bridgehead atoms. The van der Waals surface area contributed by atoms with Gasteiger partial charge in [-0.2, -0.15) is 4.31 Å². The first-order chi connectivity index (χ1) is 13.2. The fourth-order valence-corrected chi connectivity index (χ4v) is 5.14. The van der Waals surface area contributed by atoms with E-state index >= 15 is 0 Å². The third kappa shape index (κ3) is 4.14. The Hall–Kier alpha value is -2.16. The lowest BCUT2D eigenvalue weighted by Gasteiger charge is -2.33. The highest BCUT2D eigenvalue weighted by Crippen LogP contribution is 2.23. The molecule has 0 amide bonds. The molecule has 0 aliphatic carbocycles. The molecule has 3 rings (SSSR count). The van der Waals surface area contributed by atoms with Crippen LogP contribution in [0.1, 0.15) is 33.0 Å². The molecule has 0 unspecified atom stereocenters. The Labute approximate surface area is 165 Å². The summed E-state index contributed by atoms with van der Waals surface area (Å²) in [4.78, 5) is 14.2. The molecule has 1 aromatic carbocycles. The number of furan rings is 1. The van der Waals surface area contributed by atoms with E-state index < -0.39 is 16.0 Å². The van der Waals surface area contributed by atoms with Crippen LogP contribution < -0.4 is 0 Å². The summed E-state index contributed by atoms with van der Waals surface area (Å²) in [5, 5.41) is 0. The van der Waals surface area contributed by atoms with Crippen molar-refractivity contribution in [3.63, 3.8) is 0 Å². The zero-order chi connectivity index (χ0) is 20.5. The fraction of sp³-hybridized carbons (Fsp3) is 0.450. The number of aryl methyl sites for hydroxylation is 3. The Morgan fingerprint density at radius 2 is 1.79 bits per heavy atom. The van der Waals surface area contributed by atoms with Crippen molar-refractivity contribution in [2.75, 3.05) is 33.3 Å². The zero-order valence-electron chi connectivity index (χ0n) is 16.7. The standard InChI is InChI=1S/C20H26N2O5S/c1-14-5-6-15(2)19(11-14)28(24,25)22-9-7-21(8-10-22)13-17-12-18(16(3)27-17)20(23)26-4/h5-6,11-12H,7-10,13H2,1-4H3. The lowest BCUT2D eigenvalue weighted by atomic mass is 10.2. The smallest absolute Gasteiger partial charge is 0.341 e. The van der Waals surface area contributed by atoms with Gasteiger partial charge < -0.3 is 9.15 Å². The minimum absolute atomic E-state index is 0.380. The van der Waals surface area contributed by atoms with Gasteiger partial charge in [0.25, 0.3) is 0 Å². The number of methoxy groups -OCH3 is 1. The highest BCUT2D eigenvalue weighted by molar-refractivity contribution is 7.89. The van der Waals surface area contributed by atoms with Crippen LogP contribution in [0.15, 0.2) is 33.6 Å². The molecule has 8 heteroatoms. The molecule has 7 nitrogen and oxygen atoms in total. The van der Waals surface area contributed by atoms with Crippen molar-refractivity contribution < 1.29 is 22.4 Å². The molecule has 0 spiro atoms. The van der Waals surface area contributed by atoms with E-state index in [9.17, 15) is 13.2 Å². The molecule has 1 aromatic heterocycles. The number of nitrogens with zero attached hydrogens (tertiary/aromatic N) is 2. The molecular formula is C20H26N2O5S. The van der Waals surface area contributed by atoms with E-state index in [2.05, 4.69) is 4.90 Å². The van der Waals surface area contributed by atoms with Crippen molar-refractivity contribution >= 4 is 16.0 Å². The first kappa shape index (κ1) is 20.6. The topological polar surface area (TPSA) is 80.1 Å². The van der Waals surface area contributed by atoms with Gasteiger partial charge in [0.1, 0.15) is 17.1 Å². The second kappa shape index (κ2) is 8.06. The molecule has 28 heavy (non-hydrogen) atoms. The molecule has 1 aliphatic rings. The molecular weight excluding hydrogens is 380 g/mol. The number of hydrogen-bond acceptors (Lipinski definition) is 6. The predicted octanol–water partition coefficient (Wildman–Crippen LogP) is 2.50. The van der Waals surface area contributed by atoms with Crippen LogP contribution in [0.2, 0.25) is 0 Å². The van der Waals surface area contributed by atoms with Crippen LogP contribution in [0.3, 0.4) is 0 Å². The number of piperazine rings is 1. The molecule has 0 atom stereocenters. The Kier molecular flexibility index (Phi) is 5.92. The van der Waals surface area contributed by atoms with E-state index in [1.54, 1.807) is 23.4 Å². The molecule has 1 fully saturated rings. The van der Waals surface area contributed by atoms with Gasteiger partial charge in [-0.3, -0.25) is 4.90 Å². The maximum absolute atomic E-state index is 13.0. The van der Waals surface area contributed by atoms with E-state index in [-0.39, 0.29) is 0 Å². The zero-order valence-corrected chi connectivity index (χ0v) is 17.5. The minimum atomic E-state index is -3.51. The van der Waals surface area contributed by atoms with Gasteiger partial charge >= 0.3 is 5.97 Å². The highest BCUT2D eigenvalue weighted by atomic mass is 32.2. The lowest BCUT2D eigenvalue weighted by Crippen LogP contribution is -2.48. The number of esters is 1. The highest BCUT2D eigenvalue weighted by Gasteiger charge is 2.30. The molecule has 1 aliphatic heterocycles. The lowest BCUT2D eigenvalue weighted by molar-refractivity contribution is 0.0599. The Morgan fingerprint density at radius 1 is 1.11 bits per heavy atom. The van der Waals surface area contributed by atoms with Gasteiger partial charge in [0, 0.05) is 26.2 Å². The van der Waals surface area contributed by atoms with Crippen molar-refractivity contribution in [2.45, 2.75) is 32.2 Å². The van der Waals surface area contributed by atoms with Crippen molar-refractivity contribution in [3.05, 3.63) is 52.5 Å². The normalized spacial score (nSPS) is 16.3. The van der Waals surface area contributed by atoms with Crippen LogP contribution in [0.25, 0.3) is 0 Å². The van der Waals surface area contributed by atoms with Crippen molar-refractivity contribution in [2.24, 2.45) is 0 Å². The molecule has 0 radical (unpaired) electrons. The van der Waals surface area contributed by atoms with Gasteiger partial charge in [0.15, 0.2) is 0 Å². The maximum Gasteiger partial charge on any atom is 0.341 e. The van der Waals surface area contributed by atoms with Gasteiger partial charge in [-0.25, -0.2) is 13.2 Å². The van der Waals surface area contributed by atoms with E-state index in [1.807, 2.05) is 26.0 Å². The summed E-state index contributed by atoms with van der Waals surface area (Å²) in [6, 6.07) is 7.19. The Balaban J connectivity index is 1.66. The summed E-state index contributed by atoms with van der Waals surface area (Å²) >= 11 is 0. The minimum Gasteiger partial charge on any atom is -0.465 e.